The van der Waals surface area contributed by atoms with Crippen molar-refractivity contribution in [1.29, 1.82) is 0 Å². The zero-order chi connectivity index (χ0) is 17.2. The molecule has 4 rings (SSSR count). The quantitative estimate of drug-likeness (QED) is 0.747. The second-order valence-corrected chi connectivity index (χ2v) is 6.02. The molecule has 1 saturated carbocycles. The number of ether oxygens (including phenoxy) is 1. The highest BCUT2D eigenvalue weighted by Crippen LogP contribution is 2.30. The Balaban J connectivity index is 1.57. The number of fused-ring (bicyclic) bond motifs is 1. The molecule has 6 heteroatoms. The molecule has 0 spiro atoms. The van der Waals surface area contributed by atoms with E-state index in [1.165, 1.54) is 12.8 Å². The number of amides is 1. The molecule has 1 aromatic carbocycles. The normalized spacial score (nSPS) is 13.5. The number of nitrogens with zero attached hydrogens (tertiary/aromatic N) is 2. The third-order valence-electron chi connectivity index (χ3n) is 4.16. The summed E-state index contributed by atoms with van der Waals surface area (Å²) in [6.45, 7) is 0. The Morgan fingerprint density at radius 2 is 2.04 bits per heavy atom. The van der Waals surface area contributed by atoms with Gasteiger partial charge in [0, 0.05) is 23.8 Å². The van der Waals surface area contributed by atoms with Gasteiger partial charge in [-0.2, -0.15) is 0 Å². The van der Waals surface area contributed by atoms with Crippen LogP contribution in [0.5, 0.6) is 5.75 Å². The van der Waals surface area contributed by atoms with Crippen LogP contribution in [0.15, 0.2) is 48.8 Å². The first-order valence-corrected chi connectivity index (χ1v) is 8.20. The Labute approximate surface area is 145 Å². The van der Waals surface area contributed by atoms with Crippen molar-refractivity contribution in [2.24, 2.45) is 0 Å². The maximum Gasteiger partial charge on any atom is 0.257 e. The Bertz CT molecular complexity index is 920. The van der Waals surface area contributed by atoms with Crippen molar-refractivity contribution in [3.8, 4) is 5.75 Å². The van der Waals surface area contributed by atoms with Crippen LogP contribution in [0.4, 0.5) is 11.5 Å². The van der Waals surface area contributed by atoms with Crippen molar-refractivity contribution in [2.75, 3.05) is 17.7 Å². The Morgan fingerprint density at radius 3 is 2.76 bits per heavy atom. The summed E-state index contributed by atoms with van der Waals surface area (Å²) >= 11 is 0. The largest absolute Gasteiger partial charge is 0.494 e. The predicted octanol–water partition coefficient (Wildman–Crippen LogP) is 3.47. The van der Waals surface area contributed by atoms with E-state index in [2.05, 4.69) is 20.6 Å². The van der Waals surface area contributed by atoms with E-state index < -0.39 is 0 Å². The van der Waals surface area contributed by atoms with Crippen LogP contribution in [-0.4, -0.2) is 29.0 Å². The van der Waals surface area contributed by atoms with E-state index in [0.29, 0.717) is 28.6 Å². The third-order valence-corrected chi connectivity index (χ3v) is 4.16. The molecule has 0 radical (unpaired) electrons. The minimum absolute atomic E-state index is 0.208. The minimum Gasteiger partial charge on any atom is -0.494 e. The number of carbonyl (C=O) groups excluding carboxylic acids is 1. The summed E-state index contributed by atoms with van der Waals surface area (Å²) in [5, 5.41) is 7.06. The maximum absolute atomic E-state index is 12.5. The first-order chi connectivity index (χ1) is 12.2. The average Bonchev–Trinajstić information content (AvgIpc) is 3.46. The lowest BCUT2D eigenvalue weighted by Gasteiger charge is -2.11. The van der Waals surface area contributed by atoms with E-state index in [-0.39, 0.29) is 5.91 Å². The van der Waals surface area contributed by atoms with E-state index in [4.69, 9.17) is 4.74 Å². The molecule has 6 nitrogen and oxygen atoms in total. The molecule has 2 heterocycles. The molecule has 0 bridgehead atoms. The molecule has 1 aliphatic carbocycles. The summed E-state index contributed by atoms with van der Waals surface area (Å²) in [7, 11) is 1.60. The fourth-order valence-corrected chi connectivity index (χ4v) is 2.67. The van der Waals surface area contributed by atoms with Crippen molar-refractivity contribution in [2.45, 2.75) is 18.9 Å². The minimum atomic E-state index is -0.208. The van der Waals surface area contributed by atoms with Gasteiger partial charge >= 0.3 is 0 Å². The molecule has 0 saturated heterocycles. The molecule has 126 valence electrons. The SMILES string of the molecule is COc1ccc(NC(=O)c2ccc(NC3CC3)nc2)c2cccnc12. The Morgan fingerprint density at radius 1 is 1.16 bits per heavy atom. The van der Waals surface area contributed by atoms with Crippen molar-refractivity contribution in [3.63, 3.8) is 0 Å². The van der Waals surface area contributed by atoms with Gasteiger partial charge in [0.15, 0.2) is 0 Å². The number of pyridine rings is 2. The summed E-state index contributed by atoms with van der Waals surface area (Å²) in [5.41, 5.74) is 1.91. The zero-order valence-electron chi connectivity index (χ0n) is 13.8. The lowest BCUT2D eigenvalue weighted by Crippen LogP contribution is -2.13. The lowest BCUT2D eigenvalue weighted by molar-refractivity contribution is 0.102. The molecule has 1 amide bonds. The molecule has 2 N–H and O–H groups in total. The first kappa shape index (κ1) is 15.4. The molecule has 0 atom stereocenters. The Hall–Kier alpha value is -3.15. The highest BCUT2D eigenvalue weighted by Gasteiger charge is 2.21. The van der Waals surface area contributed by atoms with Crippen LogP contribution in [0.25, 0.3) is 10.9 Å². The van der Waals surface area contributed by atoms with E-state index in [0.717, 1.165) is 11.2 Å². The van der Waals surface area contributed by atoms with Gasteiger partial charge in [-0.1, -0.05) is 0 Å². The number of aromatic nitrogens is 2. The number of carbonyl (C=O) groups is 1. The van der Waals surface area contributed by atoms with E-state index in [1.54, 1.807) is 31.6 Å². The molecular formula is C19H18N4O2. The fourth-order valence-electron chi connectivity index (χ4n) is 2.67. The molecule has 3 aromatic rings. The smallest absolute Gasteiger partial charge is 0.257 e. The third kappa shape index (κ3) is 3.24. The topological polar surface area (TPSA) is 76.1 Å². The number of rotatable bonds is 5. The summed E-state index contributed by atoms with van der Waals surface area (Å²) in [4.78, 5) is 21.2. The van der Waals surface area contributed by atoms with Crippen LogP contribution < -0.4 is 15.4 Å². The fraction of sp³-hybridized carbons (Fsp3) is 0.211. The van der Waals surface area contributed by atoms with Gasteiger partial charge in [-0.3, -0.25) is 9.78 Å². The van der Waals surface area contributed by atoms with Crippen molar-refractivity contribution in [1.82, 2.24) is 9.97 Å². The van der Waals surface area contributed by atoms with E-state index in [9.17, 15) is 4.79 Å². The van der Waals surface area contributed by atoms with Crippen LogP contribution in [0, 0.1) is 0 Å². The van der Waals surface area contributed by atoms with E-state index >= 15 is 0 Å². The van der Waals surface area contributed by atoms with Gasteiger partial charge in [0.25, 0.3) is 5.91 Å². The molecule has 25 heavy (non-hydrogen) atoms. The highest BCUT2D eigenvalue weighted by atomic mass is 16.5. The molecule has 1 aliphatic rings. The lowest BCUT2D eigenvalue weighted by atomic mass is 10.1. The number of hydrogen-bond donors (Lipinski definition) is 2. The second kappa shape index (κ2) is 6.39. The number of hydrogen-bond acceptors (Lipinski definition) is 5. The molecule has 1 fully saturated rings. The van der Waals surface area contributed by atoms with Gasteiger partial charge in [-0.25, -0.2) is 4.98 Å². The number of nitrogens with one attached hydrogen (secondary N) is 2. The van der Waals surface area contributed by atoms with Gasteiger partial charge in [0.05, 0.1) is 18.4 Å². The van der Waals surface area contributed by atoms with Crippen LogP contribution in [0.3, 0.4) is 0 Å². The summed E-state index contributed by atoms with van der Waals surface area (Å²) < 4.78 is 5.33. The number of anilines is 2. The summed E-state index contributed by atoms with van der Waals surface area (Å²) in [5.74, 6) is 1.27. The standard InChI is InChI=1S/C19H18N4O2/c1-25-16-8-7-15(14-3-2-10-20-18(14)16)23-19(24)12-4-9-17(21-11-12)22-13-5-6-13/h2-4,7-11,13H,5-6H2,1H3,(H,21,22)(H,23,24). The summed E-state index contributed by atoms with van der Waals surface area (Å²) in [6, 6.07) is 11.5. The van der Waals surface area contributed by atoms with Gasteiger partial charge in [-0.05, 0) is 49.2 Å². The monoisotopic (exact) mass is 334 g/mol. The van der Waals surface area contributed by atoms with Crippen LogP contribution in [0.2, 0.25) is 0 Å². The van der Waals surface area contributed by atoms with Crippen LogP contribution in [-0.2, 0) is 0 Å². The predicted molar refractivity (Wildman–Crippen MR) is 97.1 cm³/mol. The van der Waals surface area contributed by atoms with Gasteiger partial charge in [-0.15, -0.1) is 0 Å². The molecule has 2 aromatic heterocycles. The average molecular weight is 334 g/mol. The van der Waals surface area contributed by atoms with Gasteiger partial charge < -0.3 is 15.4 Å². The van der Waals surface area contributed by atoms with Crippen LogP contribution in [0.1, 0.15) is 23.2 Å². The van der Waals surface area contributed by atoms with Crippen molar-refractivity contribution >= 4 is 28.3 Å². The highest BCUT2D eigenvalue weighted by molar-refractivity contribution is 6.09. The van der Waals surface area contributed by atoms with E-state index in [1.807, 2.05) is 24.3 Å². The maximum atomic E-state index is 12.5. The zero-order valence-corrected chi connectivity index (χ0v) is 13.8. The van der Waals surface area contributed by atoms with Crippen molar-refractivity contribution < 1.29 is 9.53 Å². The number of benzene rings is 1. The number of methoxy groups -OCH3 is 1. The molecule has 0 aliphatic heterocycles. The van der Waals surface area contributed by atoms with Crippen LogP contribution >= 0.6 is 0 Å². The first-order valence-electron chi connectivity index (χ1n) is 8.20. The van der Waals surface area contributed by atoms with Gasteiger partial charge in [0.2, 0.25) is 0 Å². The van der Waals surface area contributed by atoms with Crippen molar-refractivity contribution in [3.05, 3.63) is 54.4 Å². The molecule has 0 unspecified atom stereocenters. The summed E-state index contributed by atoms with van der Waals surface area (Å²) in [6.07, 6.45) is 5.65. The van der Waals surface area contributed by atoms with Gasteiger partial charge in [0.1, 0.15) is 17.1 Å². The molecular weight excluding hydrogens is 316 g/mol. The second-order valence-electron chi connectivity index (χ2n) is 6.02. The Kier molecular flexibility index (Phi) is 3.93.